The number of pyridine rings is 1. The standard InChI is InChI=1S/C8H7ClN2O2S/c9-8-6(2-1-3-14)4-7(5-10-8)11(12)13/h1-2,4-5,14H,3H2. The minimum Gasteiger partial charge on any atom is -0.258 e. The number of rotatable bonds is 3. The van der Waals surface area contributed by atoms with Crippen LogP contribution in [0.4, 0.5) is 5.69 Å². The van der Waals surface area contributed by atoms with E-state index in [0.29, 0.717) is 11.3 Å². The van der Waals surface area contributed by atoms with Crippen molar-refractivity contribution < 1.29 is 4.92 Å². The predicted molar refractivity (Wildman–Crippen MR) is 58.8 cm³/mol. The first-order valence-corrected chi connectivity index (χ1v) is 4.73. The summed E-state index contributed by atoms with van der Waals surface area (Å²) in [5, 5.41) is 10.7. The second kappa shape index (κ2) is 4.97. The van der Waals surface area contributed by atoms with E-state index in [1.807, 2.05) is 0 Å². The molecular formula is C8H7ClN2O2S. The topological polar surface area (TPSA) is 56.0 Å². The Bertz CT molecular complexity index is 382. The summed E-state index contributed by atoms with van der Waals surface area (Å²) in [7, 11) is 0. The van der Waals surface area contributed by atoms with Crippen molar-refractivity contribution in [2.75, 3.05) is 5.75 Å². The van der Waals surface area contributed by atoms with Gasteiger partial charge in [-0.1, -0.05) is 23.8 Å². The third-order valence-corrected chi connectivity index (χ3v) is 1.99. The SMILES string of the molecule is O=[N+]([O-])c1cnc(Cl)c(C=CCS)c1. The van der Waals surface area contributed by atoms with Crippen LogP contribution in [0, 0.1) is 10.1 Å². The van der Waals surface area contributed by atoms with Gasteiger partial charge in [0.15, 0.2) is 0 Å². The lowest BCUT2D eigenvalue weighted by Crippen LogP contribution is -1.90. The number of aromatic nitrogens is 1. The first-order valence-electron chi connectivity index (χ1n) is 3.72. The van der Waals surface area contributed by atoms with Gasteiger partial charge in [-0.2, -0.15) is 12.6 Å². The number of halogens is 1. The van der Waals surface area contributed by atoms with E-state index in [-0.39, 0.29) is 10.8 Å². The van der Waals surface area contributed by atoms with Crippen molar-refractivity contribution in [3.05, 3.63) is 39.2 Å². The molecular weight excluding hydrogens is 224 g/mol. The highest BCUT2D eigenvalue weighted by molar-refractivity contribution is 7.80. The number of hydrogen-bond acceptors (Lipinski definition) is 4. The minimum absolute atomic E-state index is 0.0757. The van der Waals surface area contributed by atoms with Gasteiger partial charge in [-0.25, -0.2) is 4.98 Å². The summed E-state index contributed by atoms with van der Waals surface area (Å²) in [6.45, 7) is 0. The fourth-order valence-electron chi connectivity index (χ4n) is 0.850. The first kappa shape index (κ1) is 11.0. The van der Waals surface area contributed by atoms with E-state index in [1.165, 1.54) is 6.07 Å². The van der Waals surface area contributed by atoms with E-state index in [4.69, 9.17) is 11.6 Å². The number of nitrogens with zero attached hydrogens (tertiary/aromatic N) is 2. The smallest absolute Gasteiger partial charge is 0.258 e. The Hall–Kier alpha value is -1.07. The van der Waals surface area contributed by atoms with Crippen LogP contribution in [0.1, 0.15) is 5.56 Å². The average molecular weight is 231 g/mol. The van der Waals surface area contributed by atoms with Crippen LogP contribution in [0.15, 0.2) is 18.3 Å². The number of nitro groups is 1. The van der Waals surface area contributed by atoms with Crippen LogP contribution < -0.4 is 0 Å². The van der Waals surface area contributed by atoms with Gasteiger partial charge in [0, 0.05) is 17.4 Å². The van der Waals surface area contributed by atoms with Gasteiger partial charge in [-0.3, -0.25) is 10.1 Å². The Kier molecular flexibility index (Phi) is 3.91. The van der Waals surface area contributed by atoms with Crippen LogP contribution in [0.5, 0.6) is 0 Å². The number of thiol groups is 1. The predicted octanol–water partition coefficient (Wildman–Crippen LogP) is 2.59. The van der Waals surface area contributed by atoms with Gasteiger partial charge in [0.1, 0.15) is 11.3 Å². The quantitative estimate of drug-likeness (QED) is 0.376. The largest absolute Gasteiger partial charge is 0.288 e. The number of hydrogen-bond donors (Lipinski definition) is 1. The molecule has 1 aromatic rings. The Morgan fingerprint density at radius 1 is 1.71 bits per heavy atom. The maximum atomic E-state index is 10.4. The van der Waals surface area contributed by atoms with Crippen molar-refractivity contribution >= 4 is 36.0 Å². The molecule has 0 radical (unpaired) electrons. The minimum atomic E-state index is -0.513. The van der Waals surface area contributed by atoms with E-state index >= 15 is 0 Å². The van der Waals surface area contributed by atoms with E-state index in [2.05, 4.69) is 17.6 Å². The van der Waals surface area contributed by atoms with E-state index < -0.39 is 4.92 Å². The molecule has 74 valence electrons. The van der Waals surface area contributed by atoms with E-state index in [0.717, 1.165) is 6.20 Å². The normalized spacial score (nSPS) is 10.7. The second-order valence-corrected chi connectivity index (χ2v) is 3.14. The maximum absolute atomic E-state index is 10.4. The van der Waals surface area contributed by atoms with Gasteiger partial charge in [0.2, 0.25) is 0 Å². The molecule has 0 aliphatic heterocycles. The molecule has 0 spiro atoms. The zero-order valence-electron chi connectivity index (χ0n) is 7.05. The molecule has 6 heteroatoms. The van der Waals surface area contributed by atoms with Gasteiger partial charge >= 0.3 is 0 Å². The molecule has 0 N–H and O–H groups in total. The maximum Gasteiger partial charge on any atom is 0.288 e. The van der Waals surface area contributed by atoms with Crippen molar-refractivity contribution in [1.29, 1.82) is 0 Å². The van der Waals surface area contributed by atoms with Gasteiger partial charge in [-0.15, -0.1) is 0 Å². The average Bonchev–Trinajstić information content (AvgIpc) is 2.16. The van der Waals surface area contributed by atoms with Crippen LogP contribution in [-0.2, 0) is 0 Å². The Balaban J connectivity index is 3.08. The Labute approximate surface area is 91.2 Å². The summed E-state index contributed by atoms with van der Waals surface area (Å²) >= 11 is 9.69. The second-order valence-electron chi connectivity index (χ2n) is 2.42. The lowest BCUT2D eigenvalue weighted by molar-refractivity contribution is -0.385. The monoisotopic (exact) mass is 230 g/mol. The van der Waals surface area contributed by atoms with E-state index in [1.54, 1.807) is 12.2 Å². The highest BCUT2D eigenvalue weighted by atomic mass is 35.5. The molecule has 1 heterocycles. The zero-order chi connectivity index (χ0) is 10.6. The summed E-state index contributed by atoms with van der Waals surface area (Å²) in [6.07, 6.45) is 4.51. The highest BCUT2D eigenvalue weighted by Crippen LogP contribution is 2.20. The van der Waals surface area contributed by atoms with Crippen LogP contribution in [0.25, 0.3) is 6.08 Å². The molecule has 0 unspecified atom stereocenters. The molecule has 4 nitrogen and oxygen atoms in total. The summed E-state index contributed by atoms with van der Waals surface area (Å²) in [5.41, 5.74) is 0.447. The Morgan fingerprint density at radius 3 is 3.00 bits per heavy atom. The first-order chi connectivity index (χ1) is 6.65. The highest BCUT2D eigenvalue weighted by Gasteiger charge is 2.08. The summed E-state index contributed by atoms with van der Waals surface area (Å²) in [6, 6.07) is 1.37. The van der Waals surface area contributed by atoms with Crippen molar-refractivity contribution in [3.8, 4) is 0 Å². The van der Waals surface area contributed by atoms with Crippen molar-refractivity contribution in [1.82, 2.24) is 4.98 Å². The van der Waals surface area contributed by atoms with Crippen LogP contribution >= 0.6 is 24.2 Å². The molecule has 0 aromatic carbocycles. The summed E-state index contributed by atoms with van der Waals surface area (Å²) < 4.78 is 0. The Morgan fingerprint density at radius 2 is 2.43 bits per heavy atom. The van der Waals surface area contributed by atoms with Crippen molar-refractivity contribution in [2.24, 2.45) is 0 Å². The molecule has 1 rings (SSSR count). The fraction of sp³-hybridized carbons (Fsp3) is 0.125. The molecule has 0 bridgehead atoms. The third kappa shape index (κ3) is 2.71. The van der Waals surface area contributed by atoms with Gasteiger partial charge in [-0.05, 0) is 0 Å². The summed E-state index contributed by atoms with van der Waals surface area (Å²) in [4.78, 5) is 13.6. The van der Waals surface area contributed by atoms with E-state index in [9.17, 15) is 10.1 Å². The molecule has 0 atom stereocenters. The third-order valence-electron chi connectivity index (χ3n) is 1.47. The molecule has 0 saturated heterocycles. The van der Waals surface area contributed by atoms with Crippen molar-refractivity contribution in [2.45, 2.75) is 0 Å². The van der Waals surface area contributed by atoms with Gasteiger partial charge in [0.25, 0.3) is 5.69 Å². The summed E-state index contributed by atoms with van der Waals surface area (Å²) in [5.74, 6) is 0.541. The van der Waals surface area contributed by atoms with Crippen LogP contribution in [0.3, 0.4) is 0 Å². The molecule has 0 saturated carbocycles. The van der Waals surface area contributed by atoms with Crippen LogP contribution in [-0.4, -0.2) is 15.7 Å². The molecule has 0 aliphatic rings. The molecule has 14 heavy (non-hydrogen) atoms. The zero-order valence-corrected chi connectivity index (χ0v) is 8.70. The van der Waals surface area contributed by atoms with Gasteiger partial charge in [0.05, 0.1) is 4.92 Å². The van der Waals surface area contributed by atoms with Crippen molar-refractivity contribution in [3.63, 3.8) is 0 Å². The lowest BCUT2D eigenvalue weighted by Gasteiger charge is -1.96. The molecule has 0 fully saturated rings. The van der Waals surface area contributed by atoms with Crippen LogP contribution in [0.2, 0.25) is 5.15 Å². The van der Waals surface area contributed by atoms with Gasteiger partial charge < -0.3 is 0 Å². The molecule has 0 aliphatic carbocycles. The molecule has 1 aromatic heterocycles. The fourth-order valence-corrected chi connectivity index (χ4v) is 1.12. The lowest BCUT2D eigenvalue weighted by atomic mass is 10.2. The molecule has 0 amide bonds.